The summed E-state index contributed by atoms with van der Waals surface area (Å²) in [5, 5.41) is 11.6. The summed E-state index contributed by atoms with van der Waals surface area (Å²) >= 11 is 2.25. The zero-order valence-electron chi connectivity index (χ0n) is 31.2. The van der Waals surface area contributed by atoms with Crippen molar-refractivity contribution < 1.29 is 57.4 Å². The van der Waals surface area contributed by atoms with Crippen LogP contribution in [0.4, 0.5) is 0 Å². The number of ketones is 1. The molecule has 2 rings (SSSR count). The SMILES string of the molecule is CC[C@H]1OC(=O)C[C@@H](O)[C@H](C)[C@@H](O[C@@H]2O[C@H](C)[C@@H](OC(C)=O)[C@H](N(C)C)[C@H]2OC(C)=O)[C@@H](CC(OC)OC)CCC(=O)/C=C/C(C)=C/[C@@H]1CI. The summed E-state index contributed by atoms with van der Waals surface area (Å²) in [5.74, 6) is -3.06. The highest BCUT2D eigenvalue weighted by Gasteiger charge is 2.51. The van der Waals surface area contributed by atoms with E-state index in [1.807, 2.05) is 19.9 Å². The van der Waals surface area contributed by atoms with E-state index < -0.39 is 85.0 Å². The van der Waals surface area contributed by atoms with Gasteiger partial charge in [-0.1, -0.05) is 54.2 Å². The first-order valence-corrected chi connectivity index (χ1v) is 18.8. The normalized spacial score (nSPS) is 35.2. The molecule has 1 fully saturated rings. The van der Waals surface area contributed by atoms with Crippen molar-refractivity contribution in [2.45, 2.75) is 129 Å². The number of allylic oxidation sites excluding steroid dienone is 3. The number of hydrogen-bond acceptors (Lipinski definition) is 13. The number of halogens is 1. The fourth-order valence-electron chi connectivity index (χ4n) is 6.68. The average molecular weight is 824 g/mol. The number of esters is 3. The molecule has 0 aromatic heterocycles. The van der Waals surface area contributed by atoms with Gasteiger partial charge in [-0.05, 0) is 52.8 Å². The third-order valence-electron chi connectivity index (χ3n) is 9.34. The molecule has 0 aliphatic carbocycles. The minimum atomic E-state index is -1.22. The summed E-state index contributed by atoms with van der Waals surface area (Å²) < 4.78 is 42.2. The number of carbonyl (C=O) groups excluding carboxylic acids is 4. The van der Waals surface area contributed by atoms with Crippen molar-refractivity contribution in [3.8, 4) is 0 Å². The Morgan fingerprint density at radius 1 is 1.04 bits per heavy atom. The van der Waals surface area contributed by atoms with Gasteiger partial charge in [0, 0.05) is 57.2 Å². The predicted molar refractivity (Wildman–Crippen MR) is 193 cm³/mol. The first-order valence-electron chi connectivity index (χ1n) is 17.3. The Bertz CT molecular complexity index is 1170. The molecule has 0 spiro atoms. The van der Waals surface area contributed by atoms with Crippen LogP contribution in [0.15, 0.2) is 23.8 Å². The van der Waals surface area contributed by atoms with Gasteiger partial charge in [-0.3, -0.25) is 24.1 Å². The van der Waals surface area contributed by atoms with Crippen LogP contribution in [0, 0.1) is 17.8 Å². The van der Waals surface area contributed by atoms with Gasteiger partial charge in [0.2, 0.25) is 0 Å². The van der Waals surface area contributed by atoms with Gasteiger partial charge >= 0.3 is 17.9 Å². The van der Waals surface area contributed by atoms with Gasteiger partial charge in [-0.15, -0.1) is 0 Å². The number of carbonyl (C=O) groups is 4. The molecule has 1 N–H and O–H groups in total. The number of aliphatic hydroxyl groups excluding tert-OH is 1. The molecule has 0 aromatic carbocycles. The lowest BCUT2D eigenvalue weighted by Gasteiger charge is -2.48. The maximum absolute atomic E-state index is 13.3. The molecule has 0 bridgehead atoms. The lowest BCUT2D eigenvalue weighted by atomic mass is 9.81. The Balaban J connectivity index is 2.67. The molecule has 1 saturated heterocycles. The monoisotopic (exact) mass is 823 g/mol. The van der Waals surface area contributed by atoms with Crippen LogP contribution >= 0.6 is 22.6 Å². The van der Waals surface area contributed by atoms with Crippen LogP contribution in [0.3, 0.4) is 0 Å². The van der Waals surface area contributed by atoms with Crippen molar-refractivity contribution in [2.24, 2.45) is 17.8 Å². The van der Waals surface area contributed by atoms with E-state index in [1.165, 1.54) is 28.1 Å². The van der Waals surface area contributed by atoms with Crippen LogP contribution in [-0.4, -0.2) is 122 Å². The fourth-order valence-corrected chi connectivity index (χ4v) is 7.50. The highest BCUT2D eigenvalue weighted by Crippen LogP contribution is 2.36. The van der Waals surface area contributed by atoms with Gasteiger partial charge in [0.25, 0.3) is 0 Å². The van der Waals surface area contributed by atoms with Crippen molar-refractivity contribution in [1.82, 2.24) is 4.90 Å². The van der Waals surface area contributed by atoms with Crippen molar-refractivity contribution in [1.29, 1.82) is 0 Å². The Morgan fingerprint density at radius 2 is 1.66 bits per heavy atom. The van der Waals surface area contributed by atoms with Crippen molar-refractivity contribution >= 4 is 46.3 Å². The van der Waals surface area contributed by atoms with Gasteiger partial charge in [-0.25, -0.2) is 0 Å². The molecule has 13 nitrogen and oxygen atoms in total. The maximum Gasteiger partial charge on any atom is 0.308 e. The predicted octanol–water partition coefficient (Wildman–Crippen LogP) is 4.16. The number of hydrogen-bond donors (Lipinski definition) is 1. The van der Waals surface area contributed by atoms with Gasteiger partial charge in [0.05, 0.1) is 30.8 Å². The van der Waals surface area contributed by atoms with Gasteiger partial charge in [0.15, 0.2) is 24.5 Å². The molecular weight excluding hydrogens is 765 g/mol. The second-order valence-electron chi connectivity index (χ2n) is 13.4. The molecule has 286 valence electrons. The van der Waals surface area contributed by atoms with Crippen LogP contribution in [0.2, 0.25) is 0 Å². The fraction of sp³-hybridized carbons (Fsp3) is 0.778. The molecule has 2 aliphatic heterocycles. The first-order chi connectivity index (χ1) is 23.6. The molecule has 2 aliphatic rings. The Labute approximate surface area is 310 Å². The van der Waals surface area contributed by atoms with Gasteiger partial charge < -0.3 is 38.3 Å². The summed E-state index contributed by atoms with van der Waals surface area (Å²) in [6.07, 6.45) is -0.629. The minimum Gasteiger partial charge on any atom is -0.462 e. The number of likely N-dealkylation sites (N-methyl/N-ethyl adjacent to an activating group) is 1. The highest BCUT2D eigenvalue weighted by molar-refractivity contribution is 14.1. The average Bonchev–Trinajstić information content (AvgIpc) is 3.04. The van der Waals surface area contributed by atoms with Crippen LogP contribution in [0.1, 0.15) is 73.6 Å². The van der Waals surface area contributed by atoms with Crippen LogP contribution in [0.5, 0.6) is 0 Å². The zero-order chi connectivity index (χ0) is 37.7. The number of alkyl halides is 1. The van der Waals surface area contributed by atoms with E-state index in [0.717, 1.165) is 5.57 Å². The van der Waals surface area contributed by atoms with Crippen molar-refractivity contribution in [2.75, 3.05) is 32.7 Å². The van der Waals surface area contributed by atoms with Crippen LogP contribution in [0.25, 0.3) is 0 Å². The lowest BCUT2D eigenvalue weighted by molar-refractivity contribution is -0.309. The van der Waals surface area contributed by atoms with Crippen LogP contribution < -0.4 is 0 Å². The molecule has 0 amide bonds. The number of cyclic esters (lactones) is 1. The van der Waals surface area contributed by atoms with Gasteiger partial charge in [0.1, 0.15) is 12.2 Å². The van der Waals surface area contributed by atoms with Crippen molar-refractivity contribution in [3.63, 3.8) is 0 Å². The third kappa shape index (κ3) is 13.2. The molecule has 14 heteroatoms. The second kappa shape index (κ2) is 21.5. The smallest absolute Gasteiger partial charge is 0.308 e. The quantitative estimate of drug-likeness (QED) is 0.104. The van der Waals surface area contributed by atoms with Gasteiger partial charge in [-0.2, -0.15) is 0 Å². The first kappa shape index (κ1) is 44.2. The molecule has 2 heterocycles. The molecule has 11 atom stereocenters. The summed E-state index contributed by atoms with van der Waals surface area (Å²) in [4.78, 5) is 52.9. The van der Waals surface area contributed by atoms with E-state index in [1.54, 1.807) is 45.0 Å². The minimum absolute atomic E-state index is 0.0867. The topological polar surface area (TPSA) is 156 Å². The highest BCUT2D eigenvalue weighted by atomic mass is 127. The number of methoxy groups -OCH3 is 2. The molecule has 0 radical (unpaired) electrons. The lowest BCUT2D eigenvalue weighted by Crippen LogP contribution is -2.65. The Morgan fingerprint density at radius 3 is 2.20 bits per heavy atom. The number of aliphatic hydroxyl groups is 1. The largest absolute Gasteiger partial charge is 0.462 e. The van der Waals surface area contributed by atoms with E-state index >= 15 is 0 Å². The molecule has 50 heavy (non-hydrogen) atoms. The maximum atomic E-state index is 13.3. The number of nitrogens with zero attached hydrogens (tertiary/aromatic N) is 1. The van der Waals surface area contributed by atoms with E-state index in [9.17, 15) is 24.3 Å². The summed E-state index contributed by atoms with van der Waals surface area (Å²) in [5.41, 5.74) is 0.870. The van der Waals surface area contributed by atoms with E-state index in [4.69, 9.17) is 33.2 Å². The Hall–Kier alpha value is -1.95. The Kier molecular flexibility index (Phi) is 19.1. The van der Waals surface area contributed by atoms with E-state index in [2.05, 4.69) is 22.6 Å². The second-order valence-corrected chi connectivity index (χ2v) is 14.3. The summed E-state index contributed by atoms with van der Waals surface area (Å²) in [6, 6.07) is -0.665. The summed E-state index contributed by atoms with van der Waals surface area (Å²) in [7, 11) is 6.54. The third-order valence-corrected chi connectivity index (χ3v) is 10.4. The number of rotatable bonds is 11. The van der Waals surface area contributed by atoms with E-state index in [0.29, 0.717) is 17.3 Å². The zero-order valence-corrected chi connectivity index (χ0v) is 33.3. The standard InChI is InChI=1S/C36H58INO12/c1-11-29-26(19-37)16-20(2)12-14-27(41)15-13-25(17-31(44-9)45-10)33(21(3)28(42)18-30(43)49-29)50-36-35(48-24(6)40)32(38(7)8)34(22(4)46-36)47-23(5)39/h12,14,16,21-22,25-26,28-29,31-36,42H,11,13,15,17-19H2,1-10H3/b14-12+,20-16+/t21-,22+,25+,26+,28+,29+,32-,33+,34+,35+,36-/m0/s1. The molecule has 0 saturated carbocycles. The molecule has 0 aromatic rings. The number of ether oxygens (including phenoxy) is 7. The molecule has 0 unspecified atom stereocenters. The molecular formula is C36H58INO12. The van der Waals surface area contributed by atoms with Crippen LogP contribution in [-0.2, 0) is 52.3 Å². The van der Waals surface area contributed by atoms with Crippen molar-refractivity contribution in [3.05, 3.63) is 23.8 Å². The van der Waals surface area contributed by atoms with E-state index in [-0.39, 0.29) is 31.0 Å². The summed E-state index contributed by atoms with van der Waals surface area (Å²) in [6.45, 7) is 9.88.